The van der Waals surface area contributed by atoms with Crippen LogP contribution in [0.1, 0.15) is 42.4 Å². The van der Waals surface area contributed by atoms with E-state index in [1.807, 2.05) is 0 Å². The summed E-state index contributed by atoms with van der Waals surface area (Å²) in [5, 5.41) is 7.55. The average molecular weight is 419 g/mol. The van der Waals surface area contributed by atoms with Crippen LogP contribution < -0.4 is 5.32 Å². The topological polar surface area (TPSA) is 99.0 Å². The Kier molecular flexibility index (Phi) is 5.54. The number of hydrogen-bond donors (Lipinski definition) is 1. The minimum Gasteiger partial charge on any atom is -0.459 e. The molecule has 0 fully saturated rings. The summed E-state index contributed by atoms with van der Waals surface area (Å²) in [5.41, 5.74) is 3.56. The van der Waals surface area contributed by atoms with Crippen molar-refractivity contribution in [3.63, 3.8) is 0 Å². The molecule has 0 saturated carbocycles. The van der Waals surface area contributed by atoms with E-state index < -0.39 is 11.6 Å². The molecule has 1 aromatic carbocycles. The molecule has 0 bridgehead atoms. The lowest BCUT2D eigenvalue weighted by atomic mass is 10.1. The fourth-order valence-corrected chi connectivity index (χ4v) is 3.72. The molecule has 1 N–H and O–H groups in total. The largest absolute Gasteiger partial charge is 0.459 e. The zero-order chi connectivity index (χ0) is 22.0. The predicted molar refractivity (Wildman–Crippen MR) is 116 cm³/mol. The van der Waals surface area contributed by atoms with Gasteiger partial charge in [0, 0.05) is 35.8 Å². The Morgan fingerprint density at radius 2 is 1.84 bits per heavy atom. The molecule has 1 aliphatic rings. The Morgan fingerprint density at radius 1 is 1.19 bits per heavy atom. The first kappa shape index (κ1) is 20.7. The second-order valence-corrected chi connectivity index (χ2v) is 8.64. The number of benzene rings is 1. The minimum atomic E-state index is -0.585. The van der Waals surface area contributed by atoms with Crippen molar-refractivity contribution in [2.75, 3.05) is 5.32 Å². The first-order valence-corrected chi connectivity index (χ1v) is 10.2. The van der Waals surface area contributed by atoms with Gasteiger partial charge in [-0.05, 0) is 44.7 Å². The van der Waals surface area contributed by atoms with Crippen molar-refractivity contribution in [1.82, 2.24) is 19.7 Å². The van der Waals surface area contributed by atoms with E-state index in [1.165, 1.54) is 15.8 Å². The summed E-state index contributed by atoms with van der Waals surface area (Å²) in [6.07, 6.45) is 7.47. The highest BCUT2D eigenvalue weighted by molar-refractivity contribution is 5.84. The zero-order valence-corrected chi connectivity index (χ0v) is 17.8. The maximum atomic E-state index is 12.1. The van der Waals surface area contributed by atoms with E-state index in [4.69, 9.17) is 4.74 Å². The third kappa shape index (κ3) is 4.96. The van der Waals surface area contributed by atoms with Gasteiger partial charge in [0.05, 0.1) is 0 Å². The molecule has 2 aromatic heterocycles. The van der Waals surface area contributed by atoms with Crippen molar-refractivity contribution in [3.8, 4) is 11.1 Å². The number of ether oxygens (including phenoxy) is 1. The molecule has 0 amide bonds. The number of anilines is 1. The lowest BCUT2D eigenvalue weighted by Crippen LogP contribution is -2.26. The van der Waals surface area contributed by atoms with Crippen LogP contribution in [0.5, 0.6) is 0 Å². The maximum absolute atomic E-state index is 12.1. The molecular weight excluding hydrogens is 394 g/mol. The van der Waals surface area contributed by atoms with Gasteiger partial charge in [-0.25, -0.2) is 9.97 Å². The van der Waals surface area contributed by atoms with E-state index in [2.05, 4.69) is 44.6 Å². The number of rotatable bonds is 6. The predicted octanol–water partition coefficient (Wildman–Crippen LogP) is 3.07. The molecule has 0 unspecified atom stereocenters. The number of aldehydes is 1. The summed E-state index contributed by atoms with van der Waals surface area (Å²) in [6, 6.07) is 8.67. The van der Waals surface area contributed by atoms with Gasteiger partial charge < -0.3 is 10.1 Å². The van der Waals surface area contributed by atoms with Crippen molar-refractivity contribution in [1.29, 1.82) is 0 Å². The van der Waals surface area contributed by atoms with Crippen LogP contribution in [-0.4, -0.2) is 43.6 Å². The second-order valence-electron chi connectivity index (χ2n) is 8.64. The number of nitrogens with one attached hydrogen (secondary N) is 1. The highest BCUT2D eigenvalue weighted by Gasteiger charge is 2.22. The summed E-state index contributed by atoms with van der Waals surface area (Å²) >= 11 is 0. The number of hydrogen-bond acceptors (Lipinski definition) is 7. The summed E-state index contributed by atoms with van der Waals surface area (Å²) < 4.78 is 6.71. The van der Waals surface area contributed by atoms with Crippen molar-refractivity contribution in [3.05, 3.63) is 59.7 Å². The van der Waals surface area contributed by atoms with E-state index in [1.54, 1.807) is 39.4 Å². The molecule has 8 nitrogen and oxygen atoms in total. The van der Waals surface area contributed by atoms with Gasteiger partial charge >= 0.3 is 5.97 Å². The number of carbonyl (C=O) groups is 2. The summed E-state index contributed by atoms with van der Waals surface area (Å²) in [5.74, 6) is 0.114. The van der Waals surface area contributed by atoms with Crippen LogP contribution in [0.3, 0.4) is 0 Å². The third-order valence-electron chi connectivity index (χ3n) is 4.96. The van der Waals surface area contributed by atoms with E-state index in [0.717, 1.165) is 12.8 Å². The number of esters is 1. The molecule has 0 aliphatic heterocycles. The van der Waals surface area contributed by atoms with Gasteiger partial charge in [0.15, 0.2) is 6.29 Å². The lowest BCUT2D eigenvalue weighted by Gasteiger charge is -2.19. The Bertz CT molecular complexity index is 1070. The normalized spacial score (nSPS) is 13.6. The molecule has 0 atom stereocenters. The third-order valence-corrected chi connectivity index (χ3v) is 4.96. The van der Waals surface area contributed by atoms with Gasteiger partial charge in [-0.15, -0.1) is 0 Å². The molecule has 31 heavy (non-hydrogen) atoms. The number of carbonyl (C=O) groups excluding carboxylic acids is 2. The quantitative estimate of drug-likeness (QED) is 0.484. The van der Waals surface area contributed by atoms with E-state index >= 15 is 0 Å². The Labute approximate surface area is 180 Å². The van der Waals surface area contributed by atoms with Crippen molar-refractivity contribution < 1.29 is 14.3 Å². The summed E-state index contributed by atoms with van der Waals surface area (Å²) in [6.45, 7) is 5.31. The number of fused-ring (bicyclic) bond motifs is 1. The van der Waals surface area contributed by atoms with Gasteiger partial charge in [0.2, 0.25) is 5.95 Å². The van der Waals surface area contributed by atoms with Gasteiger partial charge in [0.1, 0.15) is 17.8 Å². The number of aromatic nitrogens is 4. The second kappa shape index (κ2) is 8.29. The monoisotopic (exact) mass is 419 g/mol. The van der Waals surface area contributed by atoms with Crippen LogP contribution in [0.4, 0.5) is 5.95 Å². The van der Waals surface area contributed by atoms with Crippen molar-refractivity contribution in [2.45, 2.75) is 51.8 Å². The smallest absolute Gasteiger partial charge is 0.328 e. The van der Waals surface area contributed by atoms with E-state index in [-0.39, 0.29) is 18.3 Å². The highest BCUT2D eigenvalue weighted by Crippen LogP contribution is 2.25. The molecule has 0 saturated heterocycles. The molecule has 4 rings (SSSR count). The molecule has 160 valence electrons. The molecule has 2 heterocycles. The average Bonchev–Trinajstić information content (AvgIpc) is 3.30. The van der Waals surface area contributed by atoms with Gasteiger partial charge in [0.25, 0.3) is 0 Å². The molecular formula is C23H25N5O3. The van der Waals surface area contributed by atoms with Crippen LogP contribution in [0, 0.1) is 0 Å². The van der Waals surface area contributed by atoms with E-state index in [9.17, 15) is 9.59 Å². The van der Waals surface area contributed by atoms with Crippen LogP contribution in [0.2, 0.25) is 0 Å². The van der Waals surface area contributed by atoms with Gasteiger partial charge in [-0.1, -0.05) is 24.3 Å². The van der Waals surface area contributed by atoms with Crippen LogP contribution in [0.15, 0.2) is 42.9 Å². The summed E-state index contributed by atoms with van der Waals surface area (Å²) in [7, 11) is 0. The van der Waals surface area contributed by atoms with Crippen molar-refractivity contribution in [2.24, 2.45) is 0 Å². The molecule has 3 aromatic rings. The molecule has 0 spiro atoms. The summed E-state index contributed by atoms with van der Waals surface area (Å²) in [4.78, 5) is 32.4. The fourth-order valence-electron chi connectivity index (χ4n) is 3.72. The molecule has 1 aliphatic carbocycles. The molecule has 0 radical (unpaired) electrons. The van der Waals surface area contributed by atoms with Crippen LogP contribution >= 0.6 is 0 Å². The highest BCUT2D eigenvalue weighted by atomic mass is 16.6. The van der Waals surface area contributed by atoms with Gasteiger partial charge in [-0.2, -0.15) is 5.10 Å². The first-order chi connectivity index (χ1) is 14.8. The SMILES string of the molecule is CC(C)(C)OC(=O)Cn1cc(-c2cnc(NC3Cc4ccccc4C3)nc2)c(C=O)n1. The number of nitrogens with zero attached hydrogens (tertiary/aromatic N) is 4. The maximum Gasteiger partial charge on any atom is 0.328 e. The van der Waals surface area contributed by atoms with Crippen molar-refractivity contribution >= 4 is 18.2 Å². The Hall–Kier alpha value is -3.55. The molecule has 8 heteroatoms. The zero-order valence-electron chi connectivity index (χ0n) is 17.8. The fraction of sp³-hybridized carbons (Fsp3) is 0.348. The Morgan fingerprint density at radius 3 is 2.42 bits per heavy atom. The Balaban J connectivity index is 1.44. The minimum absolute atomic E-state index is 0.0825. The lowest BCUT2D eigenvalue weighted by molar-refractivity contribution is -0.155. The van der Waals surface area contributed by atoms with Crippen LogP contribution in [0.25, 0.3) is 11.1 Å². The van der Waals surface area contributed by atoms with Crippen LogP contribution in [-0.2, 0) is 28.9 Å². The van der Waals surface area contributed by atoms with E-state index in [0.29, 0.717) is 23.4 Å². The standard InChI is InChI=1S/C23H25N5O3/c1-23(2,3)31-21(30)13-28-12-19(20(14-29)27-28)17-10-24-22(25-11-17)26-18-8-15-6-4-5-7-16(15)9-18/h4-7,10-12,14,18H,8-9,13H2,1-3H3,(H,24,25,26). The van der Waals surface area contributed by atoms with Gasteiger partial charge in [-0.3, -0.25) is 14.3 Å². The first-order valence-electron chi connectivity index (χ1n) is 10.2.